The number of aryl methyl sites for hydroxylation is 1. The molecule has 2 aromatic rings. The predicted molar refractivity (Wildman–Crippen MR) is 154 cm³/mol. The average molecular weight is 612 g/mol. The van der Waals surface area contributed by atoms with Crippen LogP contribution in [-0.2, 0) is 25.7 Å². The number of amides is 4. The van der Waals surface area contributed by atoms with E-state index in [2.05, 4.69) is 15.6 Å². The first-order valence-electron chi connectivity index (χ1n) is 13.0. The van der Waals surface area contributed by atoms with E-state index in [1.165, 1.54) is 37.9 Å². The smallest absolute Gasteiger partial charge is 0.441 e. The van der Waals surface area contributed by atoms with E-state index in [0.717, 1.165) is 23.6 Å². The van der Waals surface area contributed by atoms with Gasteiger partial charge in [0.2, 0.25) is 17.7 Å². The molecule has 0 fully saturated rings. The van der Waals surface area contributed by atoms with Crippen LogP contribution in [0, 0.1) is 6.92 Å². The minimum Gasteiger partial charge on any atom is -0.441 e. The third kappa shape index (κ3) is 12.3. The first-order valence-corrected chi connectivity index (χ1v) is 15.4. The third-order valence-corrected chi connectivity index (χ3v) is 8.29. The second kappa shape index (κ2) is 18.1. The zero-order valence-electron chi connectivity index (χ0n) is 23.7. The lowest BCUT2D eigenvalue weighted by Crippen LogP contribution is -2.50. The first-order chi connectivity index (χ1) is 19.6. The molecule has 2 aromatic heterocycles. The van der Waals surface area contributed by atoms with E-state index in [0.29, 0.717) is 6.42 Å². The fraction of sp³-hybridized carbons (Fsp3) is 0.538. The van der Waals surface area contributed by atoms with Gasteiger partial charge in [-0.25, -0.2) is 14.6 Å². The van der Waals surface area contributed by atoms with Gasteiger partial charge in [-0.05, 0) is 42.7 Å². The van der Waals surface area contributed by atoms with Gasteiger partial charge in [-0.3, -0.25) is 14.4 Å². The second-order valence-corrected chi connectivity index (χ2v) is 11.4. The van der Waals surface area contributed by atoms with Gasteiger partial charge < -0.3 is 34.0 Å². The van der Waals surface area contributed by atoms with Crippen LogP contribution in [0.2, 0.25) is 0 Å². The Morgan fingerprint density at radius 1 is 1.12 bits per heavy atom. The van der Waals surface area contributed by atoms with Crippen molar-refractivity contribution in [1.82, 2.24) is 25.4 Å². The topological polar surface area (TPSA) is 164 Å². The Morgan fingerprint density at radius 2 is 1.90 bits per heavy atom. The molecular formula is C26H37N5O8S2. The Balaban J connectivity index is 1.74. The van der Waals surface area contributed by atoms with E-state index in [1.54, 1.807) is 27.8 Å². The number of likely N-dealkylation sites (N-methyl/N-ethyl adjacent to an activating group) is 2. The molecule has 0 aromatic carbocycles. The normalized spacial score (nSPS) is 11.4. The average Bonchev–Trinajstić information content (AvgIpc) is 3.29. The van der Waals surface area contributed by atoms with Crippen molar-refractivity contribution in [3.05, 3.63) is 46.5 Å². The van der Waals surface area contributed by atoms with Crippen LogP contribution >= 0.6 is 21.6 Å². The molecule has 0 radical (unpaired) electrons. The van der Waals surface area contributed by atoms with Gasteiger partial charge in [0.1, 0.15) is 11.1 Å². The Bertz CT molecular complexity index is 1190. The van der Waals surface area contributed by atoms with Gasteiger partial charge in [-0.1, -0.05) is 23.3 Å². The number of hydrogen-bond donors (Lipinski definition) is 2. The first kappa shape index (κ1) is 33.7. The summed E-state index contributed by atoms with van der Waals surface area (Å²) in [5.74, 6) is -0.758. The highest BCUT2D eigenvalue weighted by Crippen LogP contribution is 2.29. The summed E-state index contributed by atoms with van der Waals surface area (Å²) in [4.78, 5) is 67.9. The quantitative estimate of drug-likeness (QED) is 0.200. The summed E-state index contributed by atoms with van der Waals surface area (Å²) in [5, 5.41) is 6.11. The fourth-order valence-electron chi connectivity index (χ4n) is 3.45. The van der Waals surface area contributed by atoms with E-state index in [4.69, 9.17) is 13.6 Å². The van der Waals surface area contributed by atoms with Crippen LogP contribution in [0.15, 0.2) is 43.1 Å². The van der Waals surface area contributed by atoms with Crippen molar-refractivity contribution in [2.45, 2.75) is 56.7 Å². The van der Waals surface area contributed by atoms with Gasteiger partial charge in [0, 0.05) is 52.6 Å². The van der Waals surface area contributed by atoms with E-state index in [1.807, 2.05) is 18.2 Å². The van der Waals surface area contributed by atoms with Gasteiger partial charge in [-0.15, -0.1) is 0 Å². The fourth-order valence-corrected chi connectivity index (χ4v) is 5.47. The standard InChI is InChI=1S/C26H37N5O8S2/c1-18-20(39-26(36)38-18)17-37-25(35)30(3)14-13-29-24(34)19(16-21(32)27-2)31(4)23(33)11-6-5-9-15-40-41-22-10-7-8-12-28-22/h7-8,10,12,19H,5-6,9,11,13-17H2,1-4H3,(H,27,32)(H,29,34)/t19-/m0/s1. The van der Waals surface area contributed by atoms with Gasteiger partial charge >= 0.3 is 11.9 Å². The molecule has 15 heteroatoms. The number of ether oxygens (including phenoxy) is 1. The van der Waals surface area contributed by atoms with E-state index < -0.39 is 23.9 Å². The predicted octanol–water partition coefficient (Wildman–Crippen LogP) is 2.58. The van der Waals surface area contributed by atoms with Gasteiger partial charge in [0.05, 0.1) is 6.42 Å². The van der Waals surface area contributed by atoms with Crippen molar-refractivity contribution in [2.75, 3.05) is 40.0 Å². The monoisotopic (exact) mass is 611 g/mol. The number of carbonyl (C=O) groups excluding carboxylic acids is 4. The minimum atomic E-state index is -1.00. The summed E-state index contributed by atoms with van der Waals surface area (Å²) < 4.78 is 14.6. The molecule has 2 heterocycles. The molecule has 0 aliphatic heterocycles. The molecule has 4 amide bonds. The molecule has 0 saturated heterocycles. The van der Waals surface area contributed by atoms with Crippen molar-refractivity contribution in [2.24, 2.45) is 0 Å². The lowest BCUT2D eigenvalue weighted by molar-refractivity contribution is -0.141. The molecule has 226 valence electrons. The Hall–Kier alpha value is -3.46. The largest absolute Gasteiger partial charge is 0.519 e. The van der Waals surface area contributed by atoms with Crippen LogP contribution < -0.4 is 16.5 Å². The summed E-state index contributed by atoms with van der Waals surface area (Å²) in [5.41, 5.74) is 0. The highest BCUT2D eigenvalue weighted by atomic mass is 33.1. The highest BCUT2D eigenvalue weighted by Gasteiger charge is 2.28. The summed E-state index contributed by atoms with van der Waals surface area (Å²) in [6, 6.07) is 4.77. The molecule has 13 nitrogen and oxygen atoms in total. The summed E-state index contributed by atoms with van der Waals surface area (Å²) in [6.45, 7) is 1.39. The van der Waals surface area contributed by atoms with Gasteiger partial charge in [0.15, 0.2) is 18.1 Å². The number of unbranched alkanes of at least 4 members (excludes halogenated alkanes) is 2. The van der Waals surface area contributed by atoms with Crippen molar-refractivity contribution >= 4 is 45.4 Å². The molecule has 1 atom stereocenters. The lowest BCUT2D eigenvalue weighted by Gasteiger charge is -2.27. The molecule has 0 spiro atoms. The molecular weight excluding hydrogens is 574 g/mol. The zero-order chi connectivity index (χ0) is 30.2. The van der Waals surface area contributed by atoms with Crippen LogP contribution in [0.3, 0.4) is 0 Å². The van der Waals surface area contributed by atoms with Crippen LogP contribution in [0.1, 0.15) is 43.6 Å². The molecule has 0 aliphatic carbocycles. The van der Waals surface area contributed by atoms with Crippen molar-refractivity contribution in [3.8, 4) is 0 Å². The van der Waals surface area contributed by atoms with E-state index in [9.17, 15) is 24.0 Å². The minimum absolute atomic E-state index is 0.0602. The number of rotatable bonds is 17. The Labute approximate surface area is 246 Å². The van der Waals surface area contributed by atoms with Gasteiger partial charge in [-0.2, -0.15) is 0 Å². The molecule has 2 N–H and O–H groups in total. The van der Waals surface area contributed by atoms with E-state index in [-0.39, 0.29) is 55.9 Å². The number of nitrogens with one attached hydrogen (secondary N) is 2. The number of hydrogen-bond acceptors (Lipinski definition) is 11. The summed E-state index contributed by atoms with van der Waals surface area (Å²) in [7, 11) is 7.77. The molecule has 0 saturated carbocycles. The molecule has 0 unspecified atom stereocenters. The van der Waals surface area contributed by atoms with Crippen LogP contribution in [-0.4, -0.2) is 84.6 Å². The van der Waals surface area contributed by atoms with Crippen molar-refractivity contribution in [3.63, 3.8) is 0 Å². The van der Waals surface area contributed by atoms with E-state index >= 15 is 0 Å². The maximum absolute atomic E-state index is 12.9. The second-order valence-electron chi connectivity index (χ2n) is 8.98. The Kier molecular flexibility index (Phi) is 14.9. The molecule has 0 bridgehead atoms. The third-order valence-electron chi connectivity index (χ3n) is 5.94. The van der Waals surface area contributed by atoms with Crippen molar-refractivity contribution in [1.29, 1.82) is 0 Å². The SMILES string of the molecule is CNC(=O)C[C@@H](C(=O)NCCN(C)C(=O)OCc1oc(=O)oc1C)N(C)C(=O)CCCCCSSc1ccccn1. The molecule has 0 aliphatic rings. The zero-order valence-corrected chi connectivity index (χ0v) is 25.3. The number of aromatic nitrogens is 1. The van der Waals surface area contributed by atoms with Crippen LogP contribution in [0.4, 0.5) is 4.79 Å². The summed E-state index contributed by atoms with van der Waals surface area (Å²) in [6.07, 6.45) is 3.58. The Morgan fingerprint density at radius 3 is 2.56 bits per heavy atom. The maximum atomic E-state index is 12.9. The van der Waals surface area contributed by atoms with Gasteiger partial charge in [0.25, 0.3) is 0 Å². The number of carbonyl (C=O) groups is 4. The summed E-state index contributed by atoms with van der Waals surface area (Å²) >= 11 is 0. The molecule has 41 heavy (non-hydrogen) atoms. The van der Waals surface area contributed by atoms with Crippen LogP contribution in [0.25, 0.3) is 0 Å². The number of nitrogens with zero attached hydrogens (tertiary/aromatic N) is 3. The highest BCUT2D eigenvalue weighted by molar-refractivity contribution is 8.76. The lowest BCUT2D eigenvalue weighted by atomic mass is 10.1. The number of pyridine rings is 1. The molecule has 2 rings (SSSR count). The van der Waals surface area contributed by atoms with Crippen LogP contribution in [0.5, 0.6) is 0 Å². The maximum Gasteiger partial charge on any atom is 0.519 e. The van der Waals surface area contributed by atoms with Crippen molar-refractivity contribution < 1.29 is 32.7 Å².